The highest BCUT2D eigenvalue weighted by atomic mass is 16.5. The van der Waals surface area contributed by atoms with Gasteiger partial charge in [-0.1, -0.05) is 13.8 Å². The molecule has 0 aromatic carbocycles. The molecule has 0 saturated heterocycles. The van der Waals surface area contributed by atoms with Gasteiger partial charge in [-0.2, -0.15) is 5.26 Å². The summed E-state index contributed by atoms with van der Waals surface area (Å²) in [5, 5.41) is 9.06. The molecule has 1 aromatic heterocycles. The molecule has 4 nitrogen and oxygen atoms in total. The van der Waals surface area contributed by atoms with Gasteiger partial charge in [-0.25, -0.2) is 4.79 Å². The van der Waals surface area contributed by atoms with Crippen molar-refractivity contribution in [3.05, 3.63) is 29.7 Å². The van der Waals surface area contributed by atoms with Gasteiger partial charge in [-0.3, -0.25) is 0 Å². The molecule has 0 aliphatic rings. The van der Waals surface area contributed by atoms with Gasteiger partial charge in [0.05, 0.1) is 13.4 Å². The maximum atomic E-state index is 11.5. The number of ether oxygens (including phenoxy) is 1. The lowest BCUT2D eigenvalue weighted by atomic mass is 9.96. The first-order chi connectivity index (χ1) is 8.10. The summed E-state index contributed by atoms with van der Waals surface area (Å²) in [7, 11) is 1.26. The fourth-order valence-electron chi connectivity index (χ4n) is 1.52. The monoisotopic (exact) mass is 233 g/mol. The zero-order valence-electron chi connectivity index (χ0n) is 10.2. The molecule has 4 heteroatoms. The number of hydrogen-bond acceptors (Lipinski definition) is 4. The van der Waals surface area contributed by atoms with Crippen molar-refractivity contribution in [1.29, 1.82) is 5.26 Å². The van der Waals surface area contributed by atoms with Crippen LogP contribution in [0.15, 0.2) is 28.4 Å². The Morgan fingerprint density at radius 1 is 1.59 bits per heavy atom. The number of nitrogens with zero attached hydrogens (tertiary/aromatic N) is 1. The summed E-state index contributed by atoms with van der Waals surface area (Å²) in [5.74, 6) is 0.225. The SMILES string of the molecule is COC(=O)C(C#N)=C(CC(C)C)c1ccco1. The molecule has 1 heterocycles. The molecule has 0 spiro atoms. The molecular formula is C13H15NO3. The topological polar surface area (TPSA) is 63.2 Å². The van der Waals surface area contributed by atoms with Gasteiger partial charge in [0.15, 0.2) is 0 Å². The van der Waals surface area contributed by atoms with Crippen molar-refractivity contribution < 1.29 is 13.9 Å². The first-order valence-electron chi connectivity index (χ1n) is 5.35. The molecule has 0 aliphatic carbocycles. The van der Waals surface area contributed by atoms with Crippen molar-refractivity contribution in [1.82, 2.24) is 0 Å². The molecule has 0 radical (unpaired) electrons. The van der Waals surface area contributed by atoms with E-state index in [9.17, 15) is 4.79 Å². The average Bonchev–Trinajstić information content (AvgIpc) is 2.81. The zero-order valence-corrected chi connectivity index (χ0v) is 10.2. The molecule has 0 fully saturated rings. The Morgan fingerprint density at radius 3 is 2.71 bits per heavy atom. The van der Waals surface area contributed by atoms with Crippen LogP contribution in [0.4, 0.5) is 0 Å². The largest absolute Gasteiger partial charge is 0.465 e. The molecule has 0 unspecified atom stereocenters. The minimum atomic E-state index is -0.625. The van der Waals surface area contributed by atoms with E-state index in [2.05, 4.69) is 4.74 Å². The Hall–Kier alpha value is -2.02. The molecule has 0 bridgehead atoms. The lowest BCUT2D eigenvalue weighted by Gasteiger charge is -2.09. The molecule has 17 heavy (non-hydrogen) atoms. The van der Waals surface area contributed by atoms with E-state index in [0.717, 1.165) is 0 Å². The summed E-state index contributed by atoms with van der Waals surface area (Å²) in [6.45, 7) is 4.02. The van der Waals surface area contributed by atoms with Crippen molar-refractivity contribution in [2.24, 2.45) is 5.92 Å². The Kier molecular flexibility index (Phi) is 4.53. The van der Waals surface area contributed by atoms with Crippen LogP contribution in [-0.4, -0.2) is 13.1 Å². The number of hydrogen-bond donors (Lipinski definition) is 0. The number of carbonyl (C=O) groups is 1. The first-order valence-corrected chi connectivity index (χ1v) is 5.35. The van der Waals surface area contributed by atoms with Crippen molar-refractivity contribution in [2.75, 3.05) is 7.11 Å². The van der Waals surface area contributed by atoms with E-state index in [0.29, 0.717) is 23.7 Å². The molecule has 0 aliphatic heterocycles. The van der Waals surface area contributed by atoms with Crippen molar-refractivity contribution >= 4 is 11.5 Å². The summed E-state index contributed by atoms with van der Waals surface area (Å²) in [6, 6.07) is 5.35. The average molecular weight is 233 g/mol. The maximum Gasteiger partial charge on any atom is 0.349 e. The van der Waals surface area contributed by atoms with E-state index >= 15 is 0 Å². The van der Waals surface area contributed by atoms with E-state index in [1.165, 1.54) is 13.4 Å². The second-order valence-corrected chi connectivity index (χ2v) is 4.03. The normalized spacial score (nSPS) is 11.9. The number of allylic oxidation sites excluding steroid dienone is 1. The highest BCUT2D eigenvalue weighted by molar-refractivity contribution is 6.01. The van der Waals surface area contributed by atoms with Gasteiger partial charge < -0.3 is 9.15 Å². The Balaban J connectivity index is 3.25. The third-order valence-electron chi connectivity index (χ3n) is 2.23. The third kappa shape index (κ3) is 3.22. The van der Waals surface area contributed by atoms with Crippen LogP contribution in [0.25, 0.3) is 5.57 Å². The van der Waals surface area contributed by atoms with E-state index < -0.39 is 5.97 Å². The quantitative estimate of drug-likeness (QED) is 0.455. The third-order valence-corrected chi connectivity index (χ3v) is 2.23. The maximum absolute atomic E-state index is 11.5. The van der Waals surface area contributed by atoms with Crippen LogP contribution in [0, 0.1) is 17.2 Å². The molecule has 0 saturated carbocycles. The van der Waals surface area contributed by atoms with E-state index in [4.69, 9.17) is 9.68 Å². The fraction of sp³-hybridized carbons (Fsp3) is 0.385. The summed E-state index contributed by atoms with van der Waals surface area (Å²) >= 11 is 0. The molecular weight excluding hydrogens is 218 g/mol. The van der Waals surface area contributed by atoms with E-state index in [-0.39, 0.29) is 5.57 Å². The van der Waals surface area contributed by atoms with E-state index in [1.807, 2.05) is 19.9 Å². The van der Waals surface area contributed by atoms with Gasteiger partial charge >= 0.3 is 5.97 Å². The van der Waals surface area contributed by atoms with Gasteiger partial charge in [0, 0.05) is 5.57 Å². The summed E-state index contributed by atoms with van der Waals surface area (Å²) < 4.78 is 9.86. The molecule has 1 aromatic rings. The highest BCUT2D eigenvalue weighted by Gasteiger charge is 2.19. The smallest absolute Gasteiger partial charge is 0.349 e. The van der Waals surface area contributed by atoms with Crippen LogP contribution in [0.5, 0.6) is 0 Å². The lowest BCUT2D eigenvalue weighted by Crippen LogP contribution is -2.07. The molecule has 0 atom stereocenters. The molecule has 0 N–H and O–H groups in total. The predicted molar refractivity (Wildman–Crippen MR) is 62.7 cm³/mol. The van der Waals surface area contributed by atoms with Crippen molar-refractivity contribution in [2.45, 2.75) is 20.3 Å². The van der Waals surface area contributed by atoms with Crippen LogP contribution in [0.2, 0.25) is 0 Å². The first kappa shape index (κ1) is 13.0. The van der Waals surface area contributed by atoms with Gasteiger partial charge in [0.25, 0.3) is 0 Å². The zero-order chi connectivity index (χ0) is 12.8. The number of rotatable bonds is 4. The van der Waals surface area contributed by atoms with Crippen molar-refractivity contribution in [3.8, 4) is 6.07 Å². The van der Waals surface area contributed by atoms with Crippen LogP contribution in [-0.2, 0) is 9.53 Å². The Bertz CT molecular complexity index is 450. The van der Waals surface area contributed by atoms with Gasteiger partial charge in [0.2, 0.25) is 0 Å². The van der Waals surface area contributed by atoms with Crippen LogP contribution >= 0.6 is 0 Å². The van der Waals surface area contributed by atoms with Crippen LogP contribution < -0.4 is 0 Å². The Labute approximate surface area is 100 Å². The second-order valence-electron chi connectivity index (χ2n) is 4.03. The van der Waals surface area contributed by atoms with Crippen LogP contribution in [0.1, 0.15) is 26.0 Å². The standard InChI is InChI=1S/C13H15NO3/c1-9(2)7-10(12-5-4-6-17-12)11(8-14)13(15)16-3/h4-6,9H,7H2,1-3H3. The number of esters is 1. The number of methoxy groups -OCH3 is 1. The van der Waals surface area contributed by atoms with Gasteiger partial charge in [-0.15, -0.1) is 0 Å². The molecule has 1 rings (SSSR count). The number of carbonyl (C=O) groups excluding carboxylic acids is 1. The van der Waals surface area contributed by atoms with Crippen molar-refractivity contribution in [3.63, 3.8) is 0 Å². The lowest BCUT2D eigenvalue weighted by molar-refractivity contribution is -0.135. The van der Waals surface area contributed by atoms with Gasteiger partial charge in [-0.05, 0) is 24.5 Å². The minimum absolute atomic E-state index is 0.0103. The van der Waals surface area contributed by atoms with E-state index in [1.54, 1.807) is 12.1 Å². The summed E-state index contributed by atoms with van der Waals surface area (Å²) in [4.78, 5) is 11.5. The summed E-state index contributed by atoms with van der Waals surface area (Å²) in [5.41, 5.74) is 0.607. The number of nitriles is 1. The summed E-state index contributed by atoms with van der Waals surface area (Å²) in [6.07, 6.45) is 2.10. The minimum Gasteiger partial charge on any atom is -0.465 e. The molecule has 90 valence electrons. The van der Waals surface area contributed by atoms with Crippen LogP contribution in [0.3, 0.4) is 0 Å². The predicted octanol–water partition coefficient (Wildman–Crippen LogP) is 2.78. The fourth-order valence-corrected chi connectivity index (χ4v) is 1.52. The van der Waals surface area contributed by atoms with Gasteiger partial charge in [0.1, 0.15) is 17.4 Å². The molecule has 0 amide bonds. The highest BCUT2D eigenvalue weighted by Crippen LogP contribution is 2.26. The Morgan fingerprint density at radius 2 is 2.29 bits per heavy atom. The second kappa shape index (κ2) is 5.90. The number of furan rings is 1.